The molecule has 0 fully saturated rings. The number of hydrogen-bond donors (Lipinski definition) is 2. The molecule has 2 aromatic rings. The van der Waals surface area contributed by atoms with Crippen LogP contribution < -0.4 is 11.1 Å². The lowest BCUT2D eigenvalue weighted by Crippen LogP contribution is -2.23. The number of nitrogens with one attached hydrogen (secondary N) is 1. The molecule has 0 saturated carbocycles. The Morgan fingerprint density at radius 3 is 2.89 bits per heavy atom. The number of nitrogen functional groups attached to an aromatic ring is 1. The van der Waals surface area contributed by atoms with Gasteiger partial charge in [0.1, 0.15) is 0 Å². The summed E-state index contributed by atoms with van der Waals surface area (Å²) in [5.41, 5.74) is 7.65. The summed E-state index contributed by atoms with van der Waals surface area (Å²) in [6, 6.07) is 6.94. The predicted octanol–water partition coefficient (Wildman–Crippen LogP) is 1.69. The van der Waals surface area contributed by atoms with E-state index in [1.165, 1.54) is 0 Å². The highest BCUT2D eigenvalue weighted by Crippen LogP contribution is 2.20. The van der Waals surface area contributed by atoms with E-state index in [0.717, 1.165) is 5.69 Å². The standard InChI is InChI=1S/C12H13BrN4O/c1-17-5-4-9(16-17)7-15-12(18)8-2-3-11(14)10(13)6-8/h2-6H,7,14H2,1H3,(H,15,18). The number of carbonyl (C=O) groups excluding carboxylic acids is 1. The van der Waals surface area contributed by atoms with Crippen molar-refractivity contribution in [3.8, 4) is 0 Å². The van der Waals surface area contributed by atoms with Gasteiger partial charge in [-0.2, -0.15) is 5.10 Å². The molecule has 0 unspecified atom stereocenters. The van der Waals surface area contributed by atoms with Gasteiger partial charge in [-0.05, 0) is 40.2 Å². The van der Waals surface area contributed by atoms with Crippen LogP contribution in [0, 0.1) is 0 Å². The summed E-state index contributed by atoms with van der Waals surface area (Å²) < 4.78 is 2.41. The van der Waals surface area contributed by atoms with Gasteiger partial charge in [-0.25, -0.2) is 0 Å². The fraction of sp³-hybridized carbons (Fsp3) is 0.167. The van der Waals surface area contributed by atoms with Crippen LogP contribution in [0.1, 0.15) is 16.1 Å². The van der Waals surface area contributed by atoms with Crippen molar-refractivity contribution in [3.05, 3.63) is 46.2 Å². The molecule has 1 amide bonds. The van der Waals surface area contributed by atoms with Gasteiger partial charge in [-0.15, -0.1) is 0 Å². The zero-order valence-corrected chi connectivity index (χ0v) is 11.4. The number of aryl methyl sites for hydroxylation is 1. The third kappa shape index (κ3) is 2.89. The number of carbonyl (C=O) groups is 1. The predicted molar refractivity (Wildman–Crippen MR) is 72.9 cm³/mol. The zero-order chi connectivity index (χ0) is 13.1. The van der Waals surface area contributed by atoms with Crippen molar-refractivity contribution < 1.29 is 4.79 Å². The zero-order valence-electron chi connectivity index (χ0n) is 9.85. The van der Waals surface area contributed by atoms with Crippen LogP contribution in [-0.4, -0.2) is 15.7 Å². The van der Waals surface area contributed by atoms with Gasteiger partial charge in [-0.1, -0.05) is 0 Å². The first-order chi connectivity index (χ1) is 8.56. The molecule has 94 valence electrons. The lowest BCUT2D eigenvalue weighted by Gasteiger charge is -2.05. The molecule has 0 bridgehead atoms. The molecule has 1 heterocycles. The van der Waals surface area contributed by atoms with Crippen molar-refractivity contribution in [2.45, 2.75) is 6.54 Å². The molecule has 0 aliphatic carbocycles. The molecule has 0 atom stereocenters. The number of benzene rings is 1. The first kappa shape index (κ1) is 12.6. The SMILES string of the molecule is Cn1ccc(CNC(=O)c2ccc(N)c(Br)c2)n1. The Balaban J connectivity index is 2.01. The number of nitrogens with zero attached hydrogens (tertiary/aromatic N) is 2. The molecular weight excluding hydrogens is 296 g/mol. The van der Waals surface area contributed by atoms with Crippen LogP contribution in [0.15, 0.2) is 34.9 Å². The van der Waals surface area contributed by atoms with E-state index in [1.807, 2.05) is 19.3 Å². The van der Waals surface area contributed by atoms with E-state index in [-0.39, 0.29) is 5.91 Å². The fourth-order valence-corrected chi connectivity index (χ4v) is 1.88. The van der Waals surface area contributed by atoms with E-state index < -0.39 is 0 Å². The minimum Gasteiger partial charge on any atom is -0.398 e. The molecule has 18 heavy (non-hydrogen) atoms. The van der Waals surface area contributed by atoms with E-state index in [0.29, 0.717) is 22.3 Å². The van der Waals surface area contributed by atoms with Gasteiger partial charge in [0.25, 0.3) is 5.91 Å². The normalized spacial score (nSPS) is 10.3. The first-order valence-corrected chi connectivity index (χ1v) is 6.17. The van der Waals surface area contributed by atoms with Crippen molar-refractivity contribution in [2.24, 2.45) is 7.05 Å². The van der Waals surface area contributed by atoms with Crippen molar-refractivity contribution in [3.63, 3.8) is 0 Å². The largest absolute Gasteiger partial charge is 0.398 e. The summed E-state index contributed by atoms with van der Waals surface area (Å²) in [5.74, 6) is -0.152. The number of nitrogens with two attached hydrogens (primary N) is 1. The Morgan fingerprint density at radius 1 is 1.50 bits per heavy atom. The molecule has 0 aliphatic heterocycles. The van der Waals surface area contributed by atoms with Crippen LogP contribution in [-0.2, 0) is 13.6 Å². The Labute approximate surface area is 113 Å². The Hall–Kier alpha value is -1.82. The quantitative estimate of drug-likeness (QED) is 0.848. The van der Waals surface area contributed by atoms with Crippen LogP contribution in [0.4, 0.5) is 5.69 Å². The van der Waals surface area contributed by atoms with Gasteiger partial charge in [0.05, 0.1) is 12.2 Å². The molecule has 0 radical (unpaired) electrons. The van der Waals surface area contributed by atoms with Gasteiger partial charge in [-0.3, -0.25) is 9.48 Å². The Kier molecular flexibility index (Phi) is 3.66. The van der Waals surface area contributed by atoms with Gasteiger partial charge < -0.3 is 11.1 Å². The van der Waals surface area contributed by atoms with Gasteiger partial charge >= 0.3 is 0 Å². The van der Waals surface area contributed by atoms with Crippen LogP contribution in [0.5, 0.6) is 0 Å². The average Bonchev–Trinajstić information content (AvgIpc) is 2.75. The lowest BCUT2D eigenvalue weighted by atomic mass is 10.2. The highest BCUT2D eigenvalue weighted by molar-refractivity contribution is 9.10. The number of hydrogen-bond acceptors (Lipinski definition) is 3. The molecule has 3 N–H and O–H groups in total. The number of rotatable bonds is 3. The summed E-state index contributed by atoms with van der Waals surface area (Å²) in [4.78, 5) is 11.9. The molecule has 6 heteroatoms. The van der Waals surface area contributed by atoms with E-state index in [4.69, 9.17) is 5.73 Å². The lowest BCUT2D eigenvalue weighted by molar-refractivity contribution is 0.0950. The Bertz CT molecular complexity index is 579. The summed E-state index contributed by atoms with van der Waals surface area (Å²) in [7, 11) is 1.84. The molecule has 0 aliphatic rings. The number of halogens is 1. The third-order valence-corrected chi connectivity index (χ3v) is 3.15. The van der Waals surface area contributed by atoms with Crippen molar-refractivity contribution >= 4 is 27.5 Å². The summed E-state index contributed by atoms with van der Waals surface area (Å²) in [6.07, 6.45) is 1.83. The summed E-state index contributed by atoms with van der Waals surface area (Å²) >= 11 is 3.29. The van der Waals surface area contributed by atoms with E-state index in [2.05, 4.69) is 26.3 Å². The molecule has 0 spiro atoms. The Morgan fingerprint density at radius 2 is 2.28 bits per heavy atom. The van der Waals surface area contributed by atoms with Crippen LogP contribution in [0.2, 0.25) is 0 Å². The van der Waals surface area contributed by atoms with Crippen molar-refractivity contribution in [1.82, 2.24) is 15.1 Å². The molecule has 5 nitrogen and oxygen atoms in total. The second-order valence-corrected chi connectivity index (χ2v) is 4.75. The smallest absolute Gasteiger partial charge is 0.251 e. The molecule has 1 aromatic heterocycles. The number of aromatic nitrogens is 2. The highest BCUT2D eigenvalue weighted by atomic mass is 79.9. The van der Waals surface area contributed by atoms with Crippen molar-refractivity contribution in [2.75, 3.05) is 5.73 Å². The number of amides is 1. The second-order valence-electron chi connectivity index (χ2n) is 3.90. The van der Waals surface area contributed by atoms with E-state index in [9.17, 15) is 4.79 Å². The molecule has 2 rings (SSSR count). The minimum absolute atomic E-state index is 0.152. The van der Waals surface area contributed by atoms with E-state index >= 15 is 0 Å². The third-order valence-electron chi connectivity index (χ3n) is 2.46. The maximum atomic E-state index is 11.9. The summed E-state index contributed by atoms with van der Waals surface area (Å²) in [5, 5.41) is 6.98. The maximum Gasteiger partial charge on any atom is 0.251 e. The van der Waals surface area contributed by atoms with Crippen LogP contribution >= 0.6 is 15.9 Å². The van der Waals surface area contributed by atoms with Crippen LogP contribution in [0.25, 0.3) is 0 Å². The fourth-order valence-electron chi connectivity index (χ4n) is 1.50. The molecule has 1 aromatic carbocycles. The van der Waals surface area contributed by atoms with Crippen molar-refractivity contribution in [1.29, 1.82) is 0 Å². The topological polar surface area (TPSA) is 72.9 Å². The van der Waals surface area contributed by atoms with Gasteiger partial charge in [0.2, 0.25) is 0 Å². The minimum atomic E-state index is -0.152. The average molecular weight is 309 g/mol. The molecular formula is C12H13BrN4O. The van der Waals surface area contributed by atoms with Gasteiger partial charge in [0.15, 0.2) is 0 Å². The van der Waals surface area contributed by atoms with E-state index in [1.54, 1.807) is 22.9 Å². The molecule has 0 saturated heterocycles. The maximum absolute atomic E-state index is 11.9. The monoisotopic (exact) mass is 308 g/mol. The summed E-state index contributed by atoms with van der Waals surface area (Å²) in [6.45, 7) is 0.404. The second kappa shape index (κ2) is 5.22. The first-order valence-electron chi connectivity index (χ1n) is 5.38. The number of anilines is 1. The van der Waals surface area contributed by atoms with Crippen LogP contribution in [0.3, 0.4) is 0 Å². The van der Waals surface area contributed by atoms with Gasteiger partial charge in [0, 0.05) is 29.0 Å². The highest BCUT2D eigenvalue weighted by Gasteiger charge is 2.07.